The molecule has 0 saturated heterocycles. The van der Waals surface area contributed by atoms with Gasteiger partial charge in [-0.15, -0.1) is 6.58 Å². The molecule has 0 radical (unpaired) electrons. The smallest absolute Gasteiger partial charge is 0.0232 e. The van der Waals surface area contributed by atoms with E-state index in [9.17, 15) is 0 Å². The fraction of sp³-hybridized carbons (Fsp3) is 0.111. The molecule has 0 amide bonds. The van der Waals surface area contributed by atoms with Crippen LogP contribution in [0.4, 0.5) is 0 Å². The molecule has 2 aromatic carbocycles. The topological polar surface area (TPSA) is 0 Å². The van der Waals surface area contributed by atoms with E-state index in [2.05, 4.69) is 67.3 Å². The molecule has 0 heteroatoms. The lowest BCUT2D eigenvalue weighted by atomic mass is 9.90. The zero-order valence-corrected chi connectivity index (χ0v) is 10.3. The Morgan fingerprint density at radius 2 is 1.67 bits per heavy atom. The SMILES string of the molecule is C=CC(C1=Cc2ccccc2C1)c1ccccc1. The van der Waals surface area contributed by atoms with Crippen LogP contribution >= 0.6 is 0 Å². The van der Waals surface area contributed by atoms with Crippen molar-refractivity contribution >= 4 is 6.08 Å². The molecule has 0 aromatic heterocycles. The van der Waals surface area contributed by atoms with E-state index in [-0.39, 0.29) is 0 Å². The van der Waals surface area contributed by atoms with E-state index >= 15 is 0 Å². The van der Waals surface area contributed by atoms with Gasteiger partial charge in [0.2, 0.25) is 0 Å². The number of hydrogen-bond donors (Lipinski definition) is 0. The molecule has 0 fully saturated rings. The van der Waals surface area contributed by atoms with Gasteiger partial charge in [-0.2, -0.15) is 0 Å². The third-order valence-corrected chi connectivity index (χ3v) is 3.58. The summed E-state index contributed by atoms with van der Waals surface area (Å²) in [5.74, 6) is 0.332. The first-order valence-electron chi connectivity index (χ1n) is 6.34. The van der Waals surface area contributed by atoms with E-state index in [4.69, 9.17) is 0 Å². The Kier molecular flexibility index (Phi) is 2.85. The second-order valence-electron chi connectivity index (χ2n) is 4.72. The summed E-state index contributed by atoms with van der Waals surface area (Å²) in [6.45, 7) is 4.00. The summed E-state index contributed by atoms with van der Waals surface area (Å²) in [5, 5.41) is 0. The molecule has 18 heavy (non-hydrogen) atoms. The molecule has 0 bridgehead atoms. The van der Waals surface area contributed by atoms with Gasteiger partial charge in [0.25, 0.3) is 0 Å². The standard InChI is InChI=1S/C18H16/c1-2-18(14-8-4-3-5-9-14)17-12-15-10-6-7-11-16(15)13-17/h2-12,18H,1,13H2. The average Bonchev–Trinajstić information content (AvgIpc) is 2.84. The fourth-order valence-electron chi connectivity index (χ4n) is 2.67. The number of benzene rings is 2. The van der Waals surface area contributed by atoms with E-state index in [1.54, 1.807) is 0 Å². The molecule has 0 spiro atoms. The zero-order valence-electron chi connectivity index (χ0n) is 10.3. The molecule has 1 aliphatic carbocycles. The summed E-state index contributed by atoms with van der Waals surface area (Å²) < 4.78 is 0. The lowest BCUT2D eigenvalue weighted by molar-refractivity contribution is 0.956. The number of allylic oxidation sites excluding steroid dienone is 2. The van der Waals surface area contributed by atoms with Crippen LogP contribution in [0.1, 0.15) is 22.6 Å². The van der Waals surface area contributed by atoms with Crippen molar-refractivity contribution in [2.75, 3.05) is 0 Å². The molecule has 0 N–H and O–H groups in total. The molecule has 3 rings (SSSR count). The highest BCUT2D eigenvalue weighted by Crippen LogP contribution is 2.35. The first kappa shape index (κ1) is 11.0. The molecule has 0 nitrogen and oxygen atoms in total. The van der Waals surface area contributed by atoms with Crippen LogP contribution in [-0.2, 0) is 6.42 Å². The van der Waals surface area contributed by atoms with Crippen LogP contribution < -0.4 is 0 Å². The first-order valence-corrected chi connectivity index (χ1v) is 6.34. The third kappa shape index (κ3) is 1.91. The number of fused-ring (bicyclic) bond motifs is 1. The van der Waals surface area contributed by atoms with E-state index in [1.165, 1.54) is 22.3 Å². The van der Waals surface area contributed by atoms with Gasteiger partial charge in [-0.25, -0.2) is 0 Å². The predicted molar refractivity (Wildman–Crippen MR) is 77.5 cm³/mol. The zero-order chi connectivity index (χ0) is 12.4. The highest BCUT2D eigenvalue weighted by Gasteiger charge is 2.19. The lowest BCUT2D eigenvalue weighted by Crippen LogP contribution is -1.99. The third-order valence-electron chi connectivity index (χ3n) is 3.58. The van der Waals surface area contributed by atoms with Gasteiger partial charge >= 0.3 is 0 Å². The predicted octanol–water partition coefficient (Wildman–Crippen LogP) is 4.60. The van der Waals surface area contributed by atoms with Crippen LogP contribution in [-0.4, -0.2) is 0 Å². The Labute approximate surface area is 108 Å². The maximum Gasteiger partial charge on any atom is 0.0232 e. The van der Waals surface area contributed by atoms with Crippen molar-refractivity contribution in [2.45, 2.75) is 12.3 Å². The minimum absolute atomic E-state index is 0.332. The molecular formula is C18H16. The summed E-state index contributed by atoms with van der Waals surface area (Å²) in [4.78, 5) is 0. The van der Waals surface area contributed by atoms with Crippen molar-refractivity contribution in [2.24, 2.45) is 0 Å². The van der Waals surface area contributed by atoms with E-state index < -0.39 is 0 Å². The highest BCUT2D eigenvalue weighted by molar-refractivity contribution is 5.66. The highest BCUT2D eigenvalue weighted by atomic mass is 14.2. The van der Waals surface area contributed by atoms with Crippen LogP contribution in [0, 0.1) is 0 Å². The van der Waals surface area contributed by atoms with Crippen molar-refractivity contribution in [1.29, 1.82) is 0 Å². The summed E-state index contributed by atoms with van der Waals surface area (Å²) in [6, 6.07) is 19.2. The first-order chi connectivity index (χ1) is 8.88. The maximum absolute atomic E-state index is 4.00. The Hall–Kier alpha value is -2.08. The Bertz CT molecular complexity index is 590. The van der Waals surface area contributed by atoms with Gasteiger partial charge in [0, 0.05) is 5.92 Å². The average molecular weight is 232 g/mol. The van der Waals surface area contributed by atoms with Crippen molar-refractivity contribution in [3.8, 4) is 0 Å². The van der Waals surface area contributed by atoms with E-state index in [1.807, 2.05) is 6.08 Å². The molecule has 88 valence electrons. The van der Waals surface area contributed by atoms with Gasteiger partial charge in [-0.1, -0.05) is 72.3 Å². The van der Waals surface area contributed by atoms with E-state index in [0.29, 0.717) is 5.92 Å². The molecule has 1 aliphatic rings. The normalized spacial score (nSPS) is 14.8. The molecule has 0 heterocycles. The number of hydrogen-bond acceptors (Lipinski definition) is 0. The molecular weight excluding hydrogens is 216 g/mol. The summed E-state index contributed by atoms with van der Waals surface area (Å²) in [7, 11) is 0. The molecule has 0 aliphatic heterocycles. The van der Waals surface area contributed by atoms with E-state index in [0.717, 1.165) is 6.42 Å². The molecule has 1 atom stereocenters. The fourth-order valence-corrected chi connectivity index (χ4v) is 2.67. The van der Waals surface area contributed by atoms with Crippen molar-refractivity contribution in [3.05, 3.63) is 89.5 Å². The Morgan fingerprint density at radius 1 is 0.944 bits per heavy atom. The Balaban J connectivity index is 1.95. The Morgan fingerprint density at radius 3 is 2.39 bits per heavy atom. The lowest BCUT2D eigenvalue weighted by Gasteiger charge is -2.14. The van der Waals surface area contributed by atoms with Crippen LogP contribution in [0.2, 0.25) is 0 Å². The minimum atomic E-state index is 0.332. The summed E-state index contributed by atoms with van der Waals surface area (Å²) >= 11 is 0. The van der Waals surface area contributed by atoms with Gasteiger partial charge in [0.05, 0.1) is 0 Å². The van der Waals surface area contributed by atoms with Crippen molar-refractivity contribution < 1.29 is 0 Å². The molecule has 0 saturated carbocycles. The van der Waals surface area contributed by atoms with Gasteiger partial charge in [0.15, 0.2) is 0 Å². The largest absolute Gasteiger partial charge is 0.102 e. The van der Waals surface area contributed by atoms with Gasteiger partial charge in [-0.3, -0.25) is 0 Å². The van der Waals surface area contributed by atoms with Crippen molar-refractivity contribution in [1.82, 2.24) is 0 Å². The van der Waals surface area contributed by atoms with Gasteiger partial charge in [-0.05, 0) is 23.1 Å². The second kappa shape index (κ2) is 4.66. The summed E-state index contributed by atoms with van der Waals surface area (Å²) in [5.41, 5.74) is 5.55. The minimum Gasteiger partial charge on any atom is -0.102 e. The van der Waals surface area contributed by atoms with Crippen LogP contribution in [0.15, 0.2) is 72.8 Å². The number of rotatable bonds is 3. The van der Waals surface area contributed by atoms with Crippen LogP contribution in [0.5, 0.6) is 0 Å². The van der Waals surface area contributed by atoms with Crippen LogP contribution in [0.3, 0.4) is 0 Å². The van der Waals surface area contributed by atoms with Gasteiger partial charge < -0.3 is 0 Å². The van der Waals surface area contributed by atoms with Crippen LogP contribution in [0.25, 0.3) is 6.08 Å². The summed E-state index contributed by atoms with van der Waals surface area (Å²) in [6.07, 6.45) is 5.41. The quantitative estimate of drug-likeness (QED) is 0.679. The molecule has 1 unspecified atom stereocenters. The monoisotopic (exact) mass is 232 g/mol. The molecule has 2 aromatic rings. The van der Waals surface area contributed by atoms with Crippen molar-refractivity contribution in [3.63, 3.8) is 0 Å². The van der Waals surface area contributed by atoms with Gasteiger partial charge in [0.1, 0.15) is 0 Å². The second-order valence-corrected chi connectivity index (χ2v) is 4.72. The maximum atomic E-state index is 4.00.